The number of pyridine rings is 1. The van der Waals surface area contributed by atoms with Gasteiger partial charge in [0, 0.05) is 28.6 Å². The molecule has 0 saturated heterocycles. The molecule has 0 aliphatic carbocycles. The third-order valence-electron chi connectivity index (χ3n) is 4.02. The van der Waals surface area contributed by atoms with E-state index in [0.717, 1.165) is 49.9 Å². The lowest BCUT2D eigenvalue weighted by atomic mass is 10.2. The Morgan fingerprint density at radius 3 is 2.84 bits per heavy atom. The minimum Gasteiger partial charge on any atom is -0.458 e. The Morgan fingerprint density at radius 1 is 1.32 bits per heavy atom. The maximum Gasteiger partial charge on any atom is 0.128 e. The van der Waals surface area contributed by atoms with Gasteiger partial charge in [-0.2, -0.15) is 0 Å². The molecule has 0 spiro atoms. The molecule has 0 bridgehead atoms. The zero-order chi connectivity index (χ0) is 18.0. The highest BCUT2D eigenvalue weighted by Gasteiger charge is 2.07. The second-order valence-corrected chi connectivity index (χ2v) is 6.51. The predicted octanol–water partition coefficient (Wildman–Crippen LogP) is 4.34. The summed E-state index contributed by atoms with van der Waals surface area (Å²) in [5.41, 5.74) is 3.11. The molecule has 0 unspecified atom stereocenters. The Morgan fingerprint density at radius 2 is 2.12 bits per heavy atom. The van der Waals surface area contributed by atoms with Crippen LogP contribution in [0.3, 0.4) is 0 Å². The third-order valence-corrected chi connectivity index (χ3v) is 4.44. The average molecular weight is 353 g/mol. The van der Waals surface area contributed by atoms with Crippen LogP contribution in [0.2, 0.25) is 5.02 Å². The third kappa shape index (κ3) is 3.62. The van der Waals surface area contributed by atoms with Crippen molar-refractivity contribution in [1.29, 1.82) is 0 Å². The minimum atomic E-state index is 0.548. The number of aromatic nitrogens is 2. The number of ether oxygens (including phenoxy) is 1. The predicted molar refractivity (Wildman–Crippen MR) is 105 cm³/mol. The molecule has 25 heavy (non-hydrogen) atoms. The number of hydrogen-bond acceptors (Lipinski definition) is 2. The van der Waals surface area contributed by atoms with Crippen molar-refractivity contribution >= 4 is 34.2 Å². The molecule has 1 aromatic carbocycles. The molecule has 2 aromatic heterocycles. The molecule has 0 saturated carbocycles. The molecule has 2 heterocycles. The second-order valence-electron chi connectivity index (χ2n) is 6.13. The minimum absolute atomic E-state index is 0.548. The lowest BCUT2D eigenvalue weighted by Gasteiger charge is -2.06. The van der Waals surface area contributed by atoms with Crippen LogP contribution in [0, 0.1) is 0 Å². The number of halogens is 1. The number of nitrogens with one attached hydrogen (secondary N) is 1. The van der Waals surface area contributed by atoms with Gasteiger partial charge in [-0.05, 0) is 44.5 Å². The van der Waals surface area contributed by atoms with Crippen LogP contribution >= 0.6 is 11.6 Å². The van der Waals surface area contributed by atoms with E-state index in [9.17, 15) is 0 Å². The summed E-state index contributed by atoms with van der Waals surface area (Å²) < 4.78 is 5.89. The Balaban J connectivity index is 1.96. The van der Waals surface area contributed by atoms with Crippen molar-refractivity contribution < 1.29 is 4.74 Å². The van der Waals surface area contributed by atoms with Crippen molar-refractivity contribution in [3.8, 4) is 5.75 Å². The molecule has 0 aliphatic heterocycles. The first-order valence-corrected chi connectivity index (χ1v) is 8.64. The van der Waals surface area contributed by atoms with E-state index in [4.69, 9.17) is 16.3 Å². The Labute approximate surface area is 152 Å². The first kappa shape index (κ1) is 17.3. The topological polar surface area (TPSA) is 37.9 Å². The van der Waals surface area contributed by atoms with Crippen LogP contribution in [0.5, 0.6) is 5.75 Å². The smallest absolute Gasteiger partial charge is 0.128 e. The molecule has 1 N–H and O–H groups in total. The molecule has 0 fully saturated rings. The van der Waals surface area contributed by atoms with Crippen molar-refractivity contribution in [3.05, 3.63) is 70.2 Å². The summed E-state index contributed by atoms with van der Waals surface area (Å²) in [6.45, 7) is 10.2. The fraction of sp³-hybridized carbons (Fsp3) is 0.190. The van der Waals surface area contributed by atoms with Gasteiger partial charge in [-0.25, -0.2) is 0 Å². The molecular formula is C21H21ClN2O. The first-order chi connectivity index (χ1) is 12.0. The highest BCUT2D eigenvalue weighted by atomic mass is 35.5. The van der Waals surface area contributed by atoms with Crippen LogP contribution < -0.4 is 15.3 Å². The zero-order valence-corrected chi connectivity index (χ0v) is 15.4. The van der Waals surface area contributed by atoms with Crippen LogP contribution in [0.25, 0.3) is 22.6 Å². The Hall–Kier alpha value is -2.52. The van der Waals surface area contributed by atoms with Crippen LogP contribution in [0.4, 0.5) is 0 Å². The van der Waals surface area contributed by atoms with Gasteiger partial charge in [0.2, 0.25) is 0 Å². The van der Waals surface area contributed by atoms with E-state index in [-0.39, 0.29) is 0 Å². The van der Waals surface area contributed by atoms with Crippen LogP contribution in [0.15, 0.2) is 48.9 Å². The molecular weight excluding hydrogens is 332 g/mol. The number of allylic oxidation sites excluding steroid dienone is 1. The average Bonchev–Trinajstić information content (AvgIpc) is 2.90. The molecule has 0 atom stereocenters. The van der Waals surface area contributed by atoms with E-state index in [0.29, 0.717) is 5.76 Å². The van der Waals surface area contributed by atoms with E-state index in [2.05, 4.69) is 23.5 Å². The maximum atomic E-state index is 6.48. The van der Waals surface area contributed by atoms with Gasteiger partial charge in [0.1, 0.15) is 11.5 Å². The summed E-state index contributed by atoms with van der Waals surface area (Å²) in [5, 5.41) is 3.75. The second kappa shape index (κ2) is 7.16. The lowest BCUT2D eigenvalue weighted by Crippen LogP contribution is -2.25. The van der Waals surface area contributed by atoms with Gasteiger partial charge in [-0.1, -0.05) is 36.7 Å². The summed E-state index contributed by atoms with van der Waals surface area (Å²) in [7, 11) is 0. The number of rotatable bonds is 4. The van der Waals surface area contributed by atoms with Crippen LogP contribution in [-0.4, -0.2) is 9.97 Å². The van der Waals surface area contributed by atoms with Gasteiger partial charge in [0.15, 0.2) is 0 Å². The SMILES string of the molecule is C=C(/C=c1/[nH]c(CC)c(Cl)c1=C(C)C)Oc1ccc2ncccc2c1. The number of nitrogens with zero attached hydrogens (tertiary/aromatic N) is 1. The standard InChI is InChI=1S/C21H21ClN2O/c1-5-17-21(22)20(13(2)3)19(24-17)11-14(4)25-16-8-9-18-15(12-16)7-6-10-23-18/h6-12,24H,4-5H2,1-3H3/b19-11+. The number of hydrogen-bond donors (Lipinski definition) is 1. The van der Waals surface area contributed by atoms with Crippen LogP contribution in [-0.2, 0) is 6.42 Å². The number of aryl methyl sites for hydroxylation is 1. The fourth-order valence-electron chi connectivity index (χ4n) is 2.85. The summed E-state index contributed by atoms with van der Waals surface area (Å²) in [4.78, 5) is 7.68. The van der Waals surface area contributed by atoms with E-state index >= 15 is 0 Å². The van der Waals surface area contributed by atoms with Crippen molar-refractivity contribution in [3.63, 3.8) is 0 Å². The summed E-state index contributed by atoms with van der Waals surface area (Å²) in [5.74, 6) is 1.28. The first-order valence-electron chi connectivity index (χ1n) is 8.26. The molecule has 3 rings (SSSR count). The van der Waals surface area contributed by atoms with E-state index < -0.39 is 0 Å². The summed E-state index contributed by atoms with van der Waals surface area (Å²) in [6, 6.07) is 9.71. The summed E-state index contributed by atoms with van der Waals surface area (Å²) >= 11 is 6.48. The highest BCUT2D eigenvalue weighted by Crippen LogP contribution is 2.20. The number of benzene rings is 1. The fourth-order valence-corrected chi connectivity index (χ4v) is 3.32. The largest absolute Gasteiger partial charge is 0.458 e. The molecule has 3 nitrogen and oxygen atoms in total. The van der Waals surface area contributed by atoms with Gasteiger partial charge < -0.3 is 9.72 Å². The normalized spacial score (nSPS) is 11.8. The number of H-pyrrole nitrogens is 1. The van der Waals surface area contributed by atoms with Crippen molar-refractivity contribution in [2.24, 2.45) is 0 Å². The molecule has 0 radical (unpaired) electrons. The van der Waals surface area contributed by atoms with Crippen molar-refractivity contribution in [2.45, 2.75) is 27.2 Å². The van der Waals surface area contributed by atoms with Gasteiger partial charge in [-0.15, -0.1) is 0 Å². The lowest BCUT2D eigenvalue weighted by molar-refractivity contribution is 0.455. The quantitative estimate of drug-likeness (QED) is 0.709. The van der Waals surface area contributed by atoms with E-state index in [1.165, 1.54) is 0 Å². The molecule has 3 aromatic rings. The molecule has 0 amide bonds. The van der Waals surface area contributed by atoms with Crippen LogP contribution in [0.1, 0.15) is 26.5 Å². The van der Waals surface area contributed by atoms with E-state index in [1.807, 2.05) is 50.3 Å². The molecule has 4 heteroatoms. The highest BCUT2D eigenvalue weighted by molar-refractivity contribution is 6.31. The van der Waals surface area contributed by atoms with Crippen molar-refractivity contribution in [1.82, 2.24) is 9.97 Å². The summed E-state index contributed by atoms with van der Waals surface area (Å²) in [6.07, 6.45) is 4.51. The number of aromatic amines is 1. The number of fused-ring (bicyclic) bond motifs is 1. The molecule has 0 aliphatic rings. The monoisotopic (exact) mass is 352 g/mol. The van der Waals surface area contributed by atoms with Crippen molar-refractivity contribution in [2.75, 3.05) is 0 Å². The van der Waals surface area contributed by atoms with Gasteiger partial charge in [0.05, 0.1) is 15.9 Å². The van der Waals surface area contributed by atoms with Gasteiger partial charge in [0.25, 0.3) is 0 Å². The van der Waals surface area contributed by atoms with Gasteiger partial charge in [-0.3, -0.25) is 4.98 Å². The Kier molecular flexibility index (Phi) is 4.95. The van der Waals surface area contributed by atoms with E-state index in [1.54, 1.807) is 6.20 Å². The Bertz CT molecular complexity index is 1060. The van der Waals surface area contributed by atoms with Gasteiger partial charge >= 0.3 is 0 Å². The maximum absolute atomic E-state index is 6.48. The zero-order valence-electron chi connectivity index (χ0n) is 14.7. The molecule has 128 valence electrons.